The highest BCUT2D eigenvalue weighted by Gasteiger charge is 1.91. The first kappa shape index (κ1) is 8.65. The smallest absolute Gasteiger partial charge is 0.146 e. The zero-order valence-electron chi connectivity index (χ0n) is 7.03. The quantitative estimate of drug-likeness (QED) is 0.501. The summed E-state index contributed by atoms with van der Waals surface area (Å²) in [6.45, 7) is 1.95. The van der Waals surface area contributed by atoms with Crippen LogP contribution in [0.5, 0.6) is 0 Å². The van der Waals surface area contributed by atoms with E-state index < -0.39 is 0 Å². The maximum Gasteiger partial charge on any atom is 0.146 e. The molecule has 0 aliphatic carbocycles. The number of nitrogens with zero attached hydrogens (tertiary/aromatic N) is 1. The molecule has 0 saturated heterocycles. The number of aldehydes is 1. The standard InChI is InChI=1S/C10H11NO/c1-2-9(8-12)7-10-5-3-4-6-11-10/h3-8H,2H2,1H3. The molecule has 1 aromatic rings. The second kappa shape index (κ2) is 4.44. The van der Waals surface area contributed by atoms with Crippen LogP contribution in [0.3, 0.4) is 0 Å². The predicted molar refractivity (Wildman–Crippen MR) is 48.6 cm³/mol. The van der Waals surface area contributed by atoms with E-state index in [2.05, 4.69) is 4.98 Å². The van der Waals surface area contributed by atoms with Crippen LogP contribution < -0.4 is 0 Å². The van der Waals surface area contributed by atoms with Crippen LogP contribution in [-0.4, -0.2) is 11.3 Å². The fourth-order valence-electron chi connectivity index (χ4n) is 0.871. The molecular weight excluding hydrogens is 150 g/mol. The van der Waals surface area contributed by atoms with Crippen LogP contribution in [0.1, 0.15) is 19.0 Å². The molecule has 0 spiro atoms. The third-order valence-electron chi connectivity index (χ3n) is 1.58. The van der Waals surface area contributed by atoms with Gasteiger partial charge in [0.2, 0.25) is 0 Å². The summed E-state index contributed by atoms with van der Waals surface area (Å²) in [5.41, 5.74) is 1.61. The number of hydrogen-bond donors (Lipinski definition) is 0. The second-order valence-corrected chi connectivity index (χ2v) is 2.45. The summed E-state index contributed by atoms with van der Waals surface area (Å²) in [7, 11) is 0. The number of rotatable bonds is 3. The molecule has 0 bridgehead atoms. The average Bonchev–Trinajstić information content (AvgIpc) is 2.16. The molecule has 0 atom stereocenters. The molecule has 62 valence electrons. The topological polar surface area (TPSA) is 30.0 Å². The van der Waals surface area contributed by atoms with E-state index >= 15 is 0 Å². The van der Waals surface area contributed by atoms with E-state index in [-0.39, 0.29) is 0 Å². The van der Waals surface area contributed by atoms with Crippen molar-refractivity contribution in [1.82, 2.24) is 4.98 Å². The van der Waals surface area contributed by atoms with Crippen molar-refractivity contribution in [2.24, 2.45) is 0 Å². The monoisotopic (exact) mass is 161 g/mol. The first-order valence-corrected chi connectivity index (χ1v) is 3.93. The van der Waals surface area contributed by atoms with Crippen LogP contribution in [0.2, 0.25) is 0 Å². The molecule has 1 rings (SSSR count). The third-order valence-corrected chi connectivity index (χ3v) is 1.58. The van der Waals surface area contributed by atoms with Crippen molar-refractivity contribution >= 4 is 12.4 Å². The van der Waals surface area contributed by atoms with Gasteiger partial charge in [-0.25, -0.2) is 0 Å². The molecular formula is C10H11NO. The van der Waals surface area contributed by atoms with Crippen molar-refractivity contribution in [2.45, 2.75) is 13.3 Å². The van der Waals surface area contributed by atoms with Gasteiger partial charge in [0.1, 0.15) is 6.29 Å². The van der Waals surface area contributed by atoms with Gasteiger partial charge in [0.05, 0.1) is 5.69 Å². The van der Waals surface area contributed by atoms with Crippen LogP contribution in [0.4, 0.5) is 0 Å². The van der Waals surface area contributed by atoms with Crippen molar-refractivity contribution in [1.29, 1.82) is 0 Å². The maximum absolute atomic E-state index is 10.4. The molecule has 2 heteroatoms. The Labute approximate surface area is 71.9 Å². The minimum absolute atomic E-state index is 0.750. The van der Waals surface area contributed by atoms with Crippen molar-refractivity contribution in [3.63, 3.8) is 0 Å². The zero-order valence-corrected chi connectivity index (χ0v) is 7.03. The summed E-state index contributed by atoms with van der Waals surface area (Å²) >= 11 is 0. The molecule has 0 amide bonds. The van der Waals surface area contributed by atoms with Gasteiger partial charge < -0.3 is 0 Å². The molecule has 2 nitrogen and oxygen atoms in total. The number of carbonyl (C=O) groups is 1. The van der Waals surface area contributed by atoms with Gasteiger partial charge in [-0.15, -0.1) is 0 Å². The highest BCUT2D eigenvalue weighted by atomic mass is 16.1. The van der Waals surface area contributed by atoms with Gasteiger partial charge in [-0.2, -0.15) is 0 Å². The van der Waals surface area contributed by atoms with E-state index in [1.807, 2.05) is 25.1 Å². The van der Waals surface area contributed by atoms with E-state index in [1.54, 1.807) is 12.3 Å². The summed E-state index contributed by atoms with van der Waals surface area (Å²) in [5.74, 6) is 0. The molecule has 0 N–H and O–H groups in total. The lowest BCUT2D eigenvalue weighted by Crippen LogP contribution is -1.84. The van der Waals surface area contributed by atoms with Crippen LogP contribution >= 0.6 is 0 Å². The Hall–Kier alpha value is -1.44. The van der Waals surface area contributed by atoms with Crippen LogP contribution in [0, 0.1) is 0 Å². The minimum Gasteiger partial charge on any atom is -0.298 e. The van der Waals surface area contributed by atoms with Gasteiger partial charge in [-0.1, -0.05) is 13.0 Å². The molecule has 1 aromatic heterocycles. The summed E-state index contributed by atoms with van der Waals surface area (Å²) in [4.78, 5) is 14.5. The fraction of sp³-hybridized carbons (Fsp3) is 0.200. The van der Waals surface area contributed by atoms with E-state index in [0.717, 1.165) is 24.0 Å². The third kappa shape index (κ3) is 2.31. The van der Waals surface area contributed by atoms with E-state index in [1.165, 1.54) is 0 Å². The molecule has 0 saturated carbocycles. The summed E-state index contributed by atoms with van der Waals surface area (Å²) in [6.07, 6.45) is 5.13. The molecule has 0 aromatic carbocycles. The Morgan fingerprint density at radius 1 is 1.58 bits per heavy atom. The Bertz CT molecular complexity index is 277. The summed E-state index contributed by atoms with van der Waals surface area (Å²) < 4.78 is 0. The molecule has 12 heavy (non-hydrogen) atoms. The first-order chi connectivity index (χ1) is 5.86. The summed E-state index contributed by atoms with van der Waals surface area (Å²) in [6, 6.07) is 5.62. The summed E-state index contributed by atoms with van der Waals surface area (Å²) in [5, 5.41) is 0. The molecule has 0 unspecified atom stereocenters. The lowest BCUT2D eigenvalue weighted by Gasteiger charge is -1.93. The van der Waals surface area contributed by atoms with E-state index in [9.17, 15) is 4.79 Å². The molecule has 1 heterocycles. The highest BCUT2D eigenvalue weighted by Crippen LogP contribution is 2.03. The minimum atomic E-state index is 0.750. The SMILES string of the molecule is CCC(C=O)=Cc1ccccn1. The molecule has 0 fully saturated rings. The van der Waals surface area contributed by atoms with Crippen LogP contribution in [-0.2, 0) is 4.79 Å². The first-order valence-electron chi connectivity index (χ1n) is 3.93. The van der Waals surface area contributed by atoms with E-state index in [0.29, 0.717) is 0 Å². The Morgan fingerprint density at radius 3 is 2.92 bits per heavy atom. The Balaban J connectivity index is 2.86. The van der Waals surface area contributed by atoms with Gasteiger partial charge in [0.25, 0.3) is 0 Å². The Kier molecular flexibility index (Phi) is 3.20. The van der Waals surface area contributed by atoms with Gasteiger partial charge in [-0.3, -0.25) is 9.78 Å². The van der Waals surface area contributed by atoms with E-state index in [4.69, 9.17) is 0 Å². The van der Waals surface area contributed by atoms with Crippen molar-refractivity contribution in [3.05, 3.63) is 35.7 Å². The molecule has 0 aliphatic rings. The lowest BCUT2D eigenvalue weighted by atomic mass is 10.2. The lowest BCUT2D eigenvalue weighted by molar-refractivity contribution is -0.104. The number of carbonyl (C=O) groups excluding carboxylic acids is 1. The zero-order chi connectivity index (χ0) is 8.81. The number of aromatic nitrogens is 1. The van der Waals surface area contributed by atoms with Gasteiger partial charge >= 0.3 is 0 Å². The second-order valence-electron chi connectivity index (χ2n) is 2.45. The van der Waals surface area contributed by atoms with Gasteiger partial charge in [-0.05, 0) is 30.2 Å². The Morgan fingerprint density at radius 2 is 2.42 bits per heavy atom. The number of pyridine rings is 1. The van der Waals surface area contributed by atoms with Crippen molar-refractivity contribution in [2.75, 3.05) is 0 Å². The normalized spacial score (nSPS) is 11.2. The number of allylic oxidation sites excluding steroid dienone is 1. The van der Waals surface area contributed by atoms with Crippen LogP contribution in [0.25, 0.3) is 6.08 Å². The van der Waals surface area contributed by atoms with Gasteiger partial charge in [0, 0.05) is 6.20 Å². The highest BCUT2D eigenvalue weighted by molar-refractivity contribution is 5.80. The average molecular weight is 161 g/mol. The molecule has 0 aliphatic heterocycles. The maximum atomic E-state index is 10.4. The van der Waals surface area contributed by atoms with Crippen LogP contribution in [0.15, 0.2) is 30.0 Å². The fourth-order valence-corrected chi connectivity index (χ4v) is 0.871. The van der Waals surface area contributed by atoms with Crippen molar-refractivity contribution < 1.29 is 4.79 Å². The number of hydrogen-bond acceptors (Lipinski definition) is 2. The predicted octanol–water partition coefficient (Wildman–Crippen LogP) is 2.07. The van der Waals surface area contributed by atoms with Gasteiger partial charge in [0.15, 0.2) is 0 Å². The largest absolute Gasteiger partial charge is 0.298 e. The van der Waals surface area contributed by atoms with Crippen molar-refractivity contribution in [3.8, 4) is 0 Å². The molecule has 0 radical (unpaired) electrons.